The van der Waals surface area contributed by atoms with Crippen LogP contribution in [0.5, 0.6) is 46.0 Å². The van der Waals surface area contributed by atoms with E-state index in [0.29, 0.717) is 0 Å². The van der Waals surface area contributed by atoms with Crippen LogP contribution in [0.15, 0.2) is 78.9 Å². The molecule has 0 unspecified atom stereocenters. The van der Waals surface area contributed by atoms with Crippen molar-refractivity contribution in [2.24, 2.45) is 23.1 Å². The molecule has 0 spiro atoms. The first-order valence-corrected chi connectivity index (χ1v) is 31.8. The highest BCUT2D eigenvalue weighted by Gasteiger charge is 2.49. The van der Waals surface area contributed by atoms with Crippen molar-refractivity contribution in [2.45, 2.75) is 150 Å². The molecule has 0 aliphatic carbocycles. The number of aliphatic hydroxyl groups is 5. The second kappa shape index (κ2) is 29.4. The van der Waals surface area contributed by atoms with Crippen LogP contribution in [0.4, 0.5) is 0 Å². The summed E-state index contributed by atoms with van der Waals surface area (Å²) >= 11 is 14.2. The maximum absolute atomic E-state index is 16.1. The molecule has 21 N–H and O–H groups in total. The molecule has 0 radical (unpaired) electrons. The minimum atomic E-state index is -2.36. The molecule has 33 nitrogen and oxygen atoms in total. The summed E-state index contributed by atoms with van der Waals surface area (Å²) in [5.74, 6) is -17.0. The van der Waals surface area contributed by atoms with Gasteiger partial charge in [-0.05, 0) is 103 Å². The van der Waals surface area contributed by atoms with Crippen LogP contribution in [0.25, 0.3) is 11.1 Å². The normalized spacial score (nSPS) is 28.9. The molecular formula is C65H71Cl2N9O24. The maximum Gasteiger partial charge on any atom is 0.330 e. The van der Waals surface area contributed by atoms with Crippen LogP contribution in [0.2, 0.25) is 10.0 Å². The zero-order valence-electron chi connectivity index (χ0n) is 53.3. The van der Waals surface area contributed by atoms with Crippen LogP contribution in [0.1, 0.15) is 105 Å². The third-order valence-electron chi connectivity index (χ3n) is 17.2. The van der Waals surface area contributed by atoms with Gasteiger partial charge in [-0.15, -0.1) is 0 Å². The fourth-order valence-corrected chi connectivity index (χ4v) is 12.6. The molecule has 17 atom stereocenters. The van der Waals surface area contributed by atoms with Gasteiger partial charge >= 0.3 is 5.97 Å². The Balaban J connectivity index is 1.26. The van der Waals surface area contributed by atoms with Gasteiger partial charge < -0.3 is 123 Å². The molecule has 2 saturated heterocycles. The van der Waals surface area contributed by atoms with Gasteiger partial charge in [-0.1, -0.05) is 55.2 Å². The number of phenols is 3. The number of carbonyl (C=O) groups is 9. The van der Waals surface area contributed by atoms with Crippen molar-refractivity contribution in [3.05, 3.63) is 117 Å². The fraction of sp³-hybridized carbons (Fsp3) is 0.400. The van der Waals surface area contributed by atoms with Crippen molar-refractivity contribution in [1.29, 1.82) is 0 Å². The predicted molar refractivity (Wildman–Crippen MR) is 343 cm³/mol. The van der Waals surface area contributed by atoms with Gasteiger partial charge in [-0.3, -0.25) is 38.4 Å². The first-order valence-electron chi connectivity index (χ1n) is 31.0. The number of hydrogen-bond acceptors (Lipinski definition) is 25. The van der Waals surface area contributed by atoms with E-state index >= 15 is 19.2 Å². The number of ether oxygens (including phenoxy) is 6. The van der Waals surface area contributed by atoms with Crippen molar-refractivity contribution < 1.29 is 118 Å². The number of carboxylic acids is 1. The molecule has 0 saturated carbocycles. The fourth-order valence-electron chi connectivity index (χ4n) is 12.2. The number of hydrogen-bond donors (Lipinski definition) is 18. The smallest absolute Gasteiger partial charge is 0.330 e. The van der Waals surface area contributed by atoms with Crippen LogP contribution in [0.3, 0.4) is 0 Å². The van der Waals surface area contributed by atoms with Gasteiger partial charge in [0.2, 0.25) is 53.4 Å². The molecule has 100 heavy (non-hydrogen) atoms. The van der Waals surface area contributed by atoms with E-state index in [1.165, 1.54) is 26.0 Å². The van der Waals surface area contributed by atoms with Crippen LogP contribution in [0, 0.1) is 5.92 Å². The largest absolute Gasteiger partial charge is 0.508 e. The predicted octanol–water partition coefficient (Wildman–Crippen LogP) is 0.0537. The number of nitrogens with one attached hydrogen (secondary N) is 6. The first-order chi connectivity index (χ1) is 47.1. The molecule has 35 heteroatoms. The van der Waals surface area contributed by atoms with E-state index in [-0.39, 0.29) is 39.8 Å². The summed E-state index contributed by atoms with van der Waals surface area (Å²) in [6.07, 6.45) is -18.3. The standard InChI is InChI=1S/C65H71Cl2N9O24/c1-22(2)11-33(68)57(87)75-48-50(82)25-6-9-37(31(66)13-25)96-39-15-27-16-40(55(39)100-64-53(85)52(84)51(83)41(21-77)98-64)97-38-10-7-26(14-32(38)67)54(99-43-20-65(4,70)56(86)23(3)95-43)49-62(92)74-47(63(93)94)30-17-28(78)18-36(80)44(30)29-12-24(5-8-35(29)79)45(59(89)76-49)73-60(90)46(27)72-58(88)34(19-42(69)81)71-61(48)91/h5-10,12-18,22-23,33-34,41,43,45-54,64,77-80,82-85H,11,19-21,68,70H2,1-4H3,(H2,69,81)(H,71,91)(H,72,88)(H,73,90)(H,74,92)(H,75,87)(H,76,89)(H,93,94)/t23-,33+,34-,41+,43-,45+,46+,47+,48+,49-,50+,51+,52-,53+,54+,64-,65-/m0/s1. The average molecular weight is 1430 g/mol. The molecule has 7 aliphatic rings. The number of carboxylic acid groups (broad SMARTS) is 1. The minimum absolute atomic E-state index is 0.0735. The number of carbonyl (C=O) groups excluding carboxylic acids is 8. The zero-order valence-corrected chi connectivity index (χ0v) is 54.8. The number of primary amides is 1. The van der Waals surface area contributed by atoms with E-state index in [1.807, 2.05) is 0 Å². The molecule has 7 amide bonds. The number of Topliss-reactive ketones (excluding diaryl/α,β-unsaturated/α-hetero) is 1. The van der Waals surface area contributed by atoms with Gasteiger partial charge in [0.25, 0.3) is 0 Å². The lowest BCUT2D eigenvalue weighted by atomic mass is 9.88. The van der Waals surface area contributed by atoms with Gasteiger partial charge in [0.1, 0.15) is 102 Å². The summed E-state index contributed by atoms with van der Waals surface area (Å²) in [6.45, 7) is 5.27. The van der Waals surface area contributed by atoms with Crippen LogP contribution in [-0.4, -0.2) is 178 Å². The number of aliphatic carboxylic acids is 1. The number of fused-ring (bicyclic) bond motifs is 15. The molecule has 12 rings (SSSR count). The van der Waals surface area contributed by atoms with E-state index in [2.05, 4.69) is 31.9 Å². The number of phenolic OH excluding ortho intramolecular Hbond substituents is 3. The molecule has 5 aromatic carbocycles. The van der Waals surface area contributed by atoms with E-state index in [9.17, 15) is 69.9 Å². The number of nitrogens with two attached hydrogens (primary N) is 3. The van der Waals surface area contributed by atoms with Crippen molar-refractivity contribution in [3.63, 3.8) is 0 Å². The Labute approximate surface area is 577 Å². The number of rotatable bonds is 12. The summed E-state index contributed by atoms with van der Waals surface area (Å²) < 4.78 is 37.7. The highest BCUT2D eigenvalue weighted by Crippen LogP contribution is 2.50. The van der Waals surface area contributed by atoms with E-state index in [0.717, 1.165) is 66.7 Å². The Morgan fingerprint density at radius 1 is 0.710 bits per heavy atom. The topological polar surface area (TPSA) is 541 Å². The summed E-state index contributed by atoms with van der Waals surface area (Å²) in [4.78, 5) is 131. The molecular weight excluding hydrogens is 1360 g/mol. The van der Waals surface area contributed by atoms with Crippen molar-refractivity contribution >= 4 is 76.3 Å². The number of amides is 7. The van der Waals surface area contributed by atoms with Crippen LogP contribution < -0.4 is 63.3 Å². The number of aromatic hydroxyl groups is 3. The zero-order chi connectivity index (χ0) is 72.8. The van der Waals surface area contributed by atoms with Crippen molar-refractivity contribution in [1.82, 2.24) is 31.9 Å². The second-order valence-electron chi connectivity index (χ2n) is 25.2. The van der Waals surface area contributed by atoms with Crippen LogP contribution in [-0.2, 0) is 57.4 Å². The Bertz CT molecular complexity index is 4110. The highest BCUT2D eigenvalue weighted by atomic mass is 35.5. The summed E-state index contributed by atoms with van der Waals surface area (Å²) in [5.41, 5.74) is 13.9. The van der Waals surface area contributed by atoms with Crippen molar-refractivity contribution in [3.8, 4) is 57.1 Å². The lowest BCUT2D eigenvalue weighted by molar-refractivity contribution is -0.277. The lowest BCUT2D eigenvalue weighted by Gasteiger charge is -2.40. The van der Waals surface area contributed by atoms with E-state index in [4.69, 9.17) is 68.8 Å². The number of aliphatic hydroxyl groups excluding tert-OH is 5. The molecule has 0 aromatic heterocycles. The third kappa shape index (κ3) is 15.3. The highest BCUT2D eigenvalue weighted by molar-refractivity contribution is 6.32. The van der Waals surface area contributed by atoms with E-state index < -0.39 is 243 Å². The monoisotopic (exact) mass is 1430 g/mol. The Kier molecular flexibility index (Phi) is 21.5. The van der Waals surface area contributed by atoms with Gasteiger partial charge in [0, 0.05) is 29.2 Å². The molecule has 7 aliphatic heterocycles. The quantitative estimate of drug-likeness (QED) is 0.0785. The lowest BCUT2D eigenvalue weighted by Crippen LogP contribution is -2.60. The molecule has 534 valence electrons. The molecule has 2 fully saturated rings. The van der Waals surface area contributed by atoms with Gasteiger partial charge in [-0.25, -0.2) is 4.79 Å². The third-order valence-corrected chi connectivity index (χ3v) is 17.8. The number of halogens is 2. The van der Waals surface area contributed by atoms with Crippen molar-refractivity contribution in [2.75, 3.05) is 6.61 Å². The Hall–Kier alpha value is -9.49. The first kappa shape index (κ1) is 73.2. The molecule has 11 bridgehead atoms. The second-order valence-corrected chi connectivity index (χ2v) is 26.1. The summed E-state index contributed by atoms with van der Waals surface area (Å²) in [7, 11) is 0. The minimum Gasteiger partial charge on any atom is -0.508 e. The summed E-state index contributed by atoms with van der Waals surface area (Å²) in [6, 6.07) is -1.06. The Morgan fingerprint density at radius 2 is 1.32 bits per heavy atom. The Morgan fingerprint density at radius 3 is 1.93 bits per heavy atom. The van der Waals surface area contributed by atoms with Gasteiger partial charge in [-0.2, -0.15) is 0 Å². The van der Waals surface area contributed by atoms with Crippen LogP contribution >= 0.6 is 23.2 Å². The summed E-state index contributed by atoms with van der Waals surface area (Å²) in [5, 5.41) is 115. The molecule has 5 aromatic rings. The number of benzene rings is 5. The molecule has 7 heterocycles. The average Bonchev–Trinajstić information content (AvgIpc) is 0.769. The number of ketones is 1. The van der Waals surface area contributed by atoms with Gasteiger partial charge in [0.05, 0.1) is 34.7 Å². The van der Waals surface area contributed by atoms with Gasteiger partial charge in [0.15, 0.2) is 29.6 Å². The SMILES string of the molecule is CC(C)C[C@@H](N)C(=O)N[C@H]1C(=O)N[C@@H](CC(N)=O)C(=O)N[C@H]2C(=O)N[C@H]3C(=O)N[C@H](C(=O)N[C@@H](C(=O)O)c4cc(O)cc(O)c4-c4cc3ccc4O)[C@H](O[C@H]3C[C@](C)(N)C(=O)[C@H](C)O3)c3ccc(c(Cl)c3)Oc3cc2cc(c3O[C@@H]2O[C@H](CO)[C@@H](O)[C@H](O)[C@H]2O)Oc2ccc(cc2Cl)[C@H]1O. The maximum atomic E-state index is 16.1. The van der Waals surface area contributed by atoms with E-state index in [1.54, 1.807) is 13.8 Å².